The third-order valence-corrected chi connectivity index (χ3v) is 7.10. The summed E-state index contributed by atoms with van der Waals surface area (Å²) in [4.78, 5) is 11.1. The Morgan fingerprint density at radius 1 is 1.03 bits per heavy atom. The zero-order valence-electron chi connectivity index (χ0n) is 16.5. The monoisotopic (exact) mass is 421 g/mol. The molecule has 2 aromatic carbocycles. The molecule has 0 amide bonds. The van der Waals surface area contributed by atoms with Crippen molar-refractivity contribution in [1.29, 1.82) is 0 Å². The number of hydrogen-bond donors (Lipinski definition) is 0. The van der Waals surface area contributed by atoms with Crippen LogP contribution >= 0.6 is 23.4 Å². The summed E-state index contributed by atoms with van der Waals surface area (Å²) in [6.07, 6.45) is 6.63. The maximum atomic E-state index is 6.03. The predicted molar refractivity (Wildman–Crippen MR) is 123 cm³/mol. The van der Waals surface area contributed by atoms with E-state index in [0.717, 1.165) is 36.0 Å². The Kier molecular flexibility index (Phi) is 5.02. The van der Waals surface area contributed by atoms with Crippen LogP contribution in [0.2, 0.25) is 5.02 Å². The molecule has 3 aromatic rings. The number of benzene rings is 2. The molecule has 1 aliphatic heterocycles. The van der Waals surface area contributed by atoms with E-state index in [9.17, 15) is 0 Å². The van der Waals surface area contributed by atoms with Crippen molar-refractivity contribution in [3.05, 3.63) is 77.4 Å². The Hall–Kier alpha value is -2.01. The number of pyridine rings is 1. The van der Waals surface area contributed by atoms with Crippen molar-refractivity contribution in [2.45, 2.75) is 29.8 Å². The number of hydrogen-bond acceptors (Lipinski definition) is 4. The van der Waals surface area contributed by atoms with Crippen LogP contribution in [0.5, 0.6) is 0 Å². The van der Waals surface area contributed by atoms with Crippen LogP contribution in [0.4, 0.5) is 5.69 Å². The standard InChI is InChI=1S/C24H24ClN3S/c1-29-22-8-6-21(7-9-22)27-16-24(11-12-24)28(17-27)15-18-10-13-26-23(14-18)19-2-4-20(25)5-3-19/h2-10,13-14H,11-12,15-17H2,1H3. The Morgan fingerprint density at radius 3 is 2.48 bits per heavy atom. The molecule has 2 fully saturated rings. The predicted octanol–water partition coefficient (Wildman–Crippen LogP) is 5.94. The second-order valence-corrected chi connectivity index (χ2v) is 9.33. The molecule has 1 aliphatic carbocycles. The van der Waals surface area contributed by atoms with Gasteiger partial charge in [0.05, 0.1) is 12.4 Å². The topological polar surface area (TPSA) is 19.4 Å². The number of nitrogens with zero attached hydrogens (tertiary/aromatic N) is 3. The fourth-order valence-electron chi connectivity index (χ4n) is 4.24. The molecular formula is C24H24ClN3S. The van der Waals surface area contributed by atoms with Gasteiger partial charge in [-0.2, -0.15) is 0 Å². The maximum Gasteiger partial charge on any atom is 0.0716 e. The second-order valence-electron chi connectivity index (χ2n) is 8.02. The van der Waals surface area contributed by atoms with E-state index in [4.69, 9.17) is 11.6 Å². The first-order valence-corrected chi connectivity index (χ1v) is 11.6. The molecule has 0 radical (unpaired) electrons. The van der Waals surface area contributed by atoms with Gasteiger partial charge in [0.25, 0.3) is 0 Å². The molecule has 3 nitrogen and oxygen atoms in total. The second kappa shape index (κ2) is 7.67. The van der Waals surface area contributed by atoms with Crippen LogP contribution < -0.4 is 4.90 Å². The molecule has 148 valence electrons. The van der Waals surface area contributed by atoms with Crippen molar-refractivity contribution < 1.29 is 0 Å². The first kappa shape index (κ1) is 19.0. The third-order valence-electron chi connectivity index (χ3n) is 6.10. The Balaban J connectivity index is 1.34. The molecule has 1 saturated carbocycles. The van der Waals surface area contributed by atoms with Crippen molar-refractivity contribution in [3.8, 4) is 11.3 Å². The summed E-state index contributed by atoms with van der Waals surface area (Å²) >= 11 is 7.82. The minimum absolute atomic E-state index is 0.349. The lowest BCUT2D eigenvalue weighted by atomic mass is 10.1. The average Bonchev–Trinajstić information content (AvgIpc) is 3.45. The van der Waals surface area contributed by atoms with Gasteiger partial charge in [-0.1, -0.05) is 23.7 Å². The van der Waals surface area contributed by atoms with E-state index >= 15 is 0 Å². The van der Waals surface area contributed by atoms with Gasteiger partial charge in [0, 0.05) is 46.0 Å². The van der Waals surface area contributed by atoms with Gasteiger partial charge in [0.15, 0.2) is 0 Å². The summed E-state index contributed by atoms with van der Waals surface area (Å²) in [6, 6.07) is 21.2. The van der Waals surface area contributed by atoms with Crippen LogP contribution in [0.15, 0.2) is 71.8 Å². The summed E-state index contributed by atoms with van der Waals surface area (Å²) in [7, 11) is 0. The highest BCUT2D eigenvalue weighted by Gasteiger charge is 2.53. The molecule has 1 saturated heterocycles. The Labute approximate surface area is 181 Å². The summed E-state index contributed by atoms with van der Waals surface area (Å²) in [6.45, 7) is 3.07. The van der Waals surface area contributed by atoms with Crippen molar-refractivity contribution in [2.75, 3.05) is 24.4 Å². The highest BCUT2D eigenvalue weighted by Crippen LogP contribution is 2.47. The number of rotatable bonds is 5. The highest BCUT2D eigenvalue weighted by atomic mass is 35.5. The third kappa shape index (κ3) is 3.89. The molecule has 5 heteroatoms. The molecule has 0 atom stereocenters. The normalized spacial score (nSPS) is 17.8. The Bertz CT molecular complexity index is 999. The number of halogens is 1. The summed E-state index contributed by atoms with van der Waals surface area (Å²) < 4.78 is 0. The van der Waals surface area contributed by atoms with Crippen LogP contribution in [0.1, 0.15) is 18.4 Å². The average molecular weight is 422 g/mol. The fourth-order valence-corrected chi connectivity index (χ4v) is 4.77. The van der Waals surface area contributed by atoms with Gasteiger partial charge in [-0.3, -0.25) is 9.88 Å². The van der Waals surface area contributed by atoms with Gasteiger partial charge in [0.1, 0.15) is 0 Å². The van der Waals surface area contributed by atoms with E-state index in [-0.39, 0.29) is 0 Å². The van der Waals surface area contributed by atoms with E-state index in [1.54, 1.807) is 11.8 Å². The molecule has 1 aromatic heterocycles. The summed E-state index contributed by atoms with van der Waals surface area (Å²) in [5.41, 5.74) is 5.10. The number of anilines is 1. The van der Waals surface area contributed by atoms with Crippen molar-refractivity contribution >= 4 is 29.1 Å². The van der Waals surface area contributed by atoms with Crippen LogP contribution in [0.3, 0.4) is 0 Å². The molecule has 1 spiro atoms. The smallest absolute Gasteiger partial charge is 0.0716 e. The highest BCUT2D eigenvalue weighted by molar-refractivity contribution is 7.98. The van der Waals surface area contributed by atoms with E-state index < -0.39 is 0 Å². The van der Waals surface area contributed by atoms with E-state index in [2.05, 4.69) is 57.4 Å². The summed E-state index contributed by atoms with van der Waals surface area (Å²) in [5, 5.41) is 0.753. The van der Waals surface area contributed by atoms with Gasteiger partial charge in [-0.15, -0.1) is 11.8 Å². The number of aromatic nitrogens is 1. The Morgan fingerprint density at radius 2 is 1.79 bits per heavy atom. The quantitative estimate of drug-likeness (QED) is 0.475. The van der Waals surface area contributed by atoms with E-state index in [1.807, 2.05) is 30.5 Å². The van der Waals surface area contributed by atoms with Crippen LogP contribution in [0, 0.1) is 0 Å². The SMILES string of the molecule is CSc1ccc(N2CN(Cc3ccnc(-c4ccc(Cl)cc4)c3)C3(CC3)C2)cc1. The molecular weight excluding hydrogens is 398 g/mol. The van der Waals surface area contributed by atoms with Crippen molar-refractivity contribution in [2.24, 2.45) is 0 Å². The minimum Gasteiger partial charge on any atom is -0.357 e. The van der Waals surface area contributed by atoms with E-state index in [1.165, 1.54) is 29.0 Å². The first-order valence-electron chi connectivity index (χ1n) is 10.0. The molecule has 29 heavy (non-hydrogen) atoms. The van der Waals surface area contributed by atoms with Crippen LogP contribution in [-0.4, -0.2) is 34.9 Å². The number of thioether (sulfide) groups is 1. The van der Waals surface area contributed by atoms with Gasteiger partial charge < -0.3 is 4.90 Å². The molecule has 2 heterocycles. The van der Waals surface area contributed by atoms with Gasteiger partial charge in [-0.25, -0.2) is 0 Å². The molecule has 2 aliphatic rings. The molecule has 0 bridgehead atoms. The molecule has 5 rings (SSSR count). The van der Waals surface area contributed by atoms with Gasteiger partial charge >= 0.3 is 0 Å². The van der Waals surface area contributed by atoms with Crippen molar-refractivity contribution in [1.82, 2.24) is 9.88 Å². The summed E-state index contributed by atoms with van der Waals surface area (Å²) in [5.74, 6) is 0. The lowest BCUT2D eigenvalue weighted by Crippen LogP contribution is -2.32. The van der Waals surface area contributed by atoms with Crippen LogP contribution in [-0.2, 0) is 6.54 Å². The van der Waals surface area contributed by atoms with Crippen LogP contribution in [0.25, 0.3) is 11.3 Å². The maximum absolute atomic E-state index is 6.03. The zero-order chi connectivity index (χ0) is 19.8. The van der Waals surface area contributed by atoms with Crippen molar-refractivity contribution in [3.63, 3.8) is 0 Å². The fraction of sp³-hybridized carbons (Fsp3) is 0.292. The molecule has 0 unspecified atom stereocenters. The van der Waals surface area contributed by atoms with E-state index in [0.29, 0.717) is 5.54 Å². The minimum atomic E-state index is 0.349. The largest absolute Gasteiger partial charge is 0.357 e. The van der Waals surface area contributed by atoms with Gasteiger partial charge in [-0.05, 0) is 73.2 Å². The van der Waals surface area contributed by atoms with Gasteiger partial charge in [0.2, 0.25) is 0 Å². The zero-order valence-corrected chi connectivity index (χ0v) is 18.1. The lowest BCUT2D eigenvalue weighted by Gasteiger charge is -2.23. The first-order chi connectivity index (χ1) is 14.1. The lowest BCUT2D eigenvalue weighted by molar-refractivity contribution is 0.234. The molecule has 0 N–H and O–H groups in total.